The van der Waals surface area contributed by atoms with Crippen LogP contribution in [0.2, 0.25) is 0 Å². The number of hydrogen-bond acceptors (Lipinski definition) is 3. The van der Waals surface area contributed by atoms with Gasteiger partial charge >= 0.3 is 0 Å². The Hall–Kier alpha value is -1.88. The topological polar surface area (TPSA) is 35.6 Å². The van der Waals surface area contributed by atoms with Crippen molar-refractivity contribution in [3.8, 4) is 0 Å². The predicted octanol–water partition coefficient (Wildman–Crippen LogP) is 1.25. The molecule has 1 amide bonds. The van der Waals surface area contributed by atoms with Gasteiger partial charge < -0.3 is 10.2 Å². The smallest absolute Gasteiger partial charge is 0.243 e. The number of para-hydroxylation sites is 1. The van der Waals surface area contributed by atoms with Gasteiger partial charge in [0.25, 0.3) is 0 Å². The number of hydrogen-bond donors (Lipinski definition) is 1. The first-order valence-corrected chi connectivity index (χ1v) is 6.83. The largest absolute Gasteiger partial charge is 0.367 e. The highest BCUT2D eigenvalue weighted by Gasteiger charge is 2.18. The van der Waals surface area contributed by atoms with E-state index in [4.69, 9.17) is 0 Å². The van der Waals surface area contributed by atoms with E-state index in [9.17, 15) is 9.18 Å². The number of piperazine rings is 1. The number of nitrogens with zero attached hydrogens (tertiary/aromatic N) is 2. The maximum absolute atomic E-state index is 13.7. The van der Waals surface area contributed by atoms with Crippen molar-refractivity contribution in [2.45, 2.75) is 0 Å². The number of rotatable bonds is 5. The van der Waals surface area contributed by atoms with Gasteiger partial charge in [0.1, 0.15) is 5.82 Å². The van der Waals surface area contributed by atoms with Crippen LogP contribution in [0.3, 0.4) is 0 Å². The summed E-state index contributed by atoms with van der Waals surface area (Å²) < 4.78 is 13.7. The Morgan fingerprint density at radius 3 is 2.65 bits per heavy atom. The van der Waals surface area contributed by atoms with Crippen LogP contribution in [0.4, 0.5) is 10.1 Å². The third-order valence-corrected chi connectivity index (χ3v) is 3.48. The van der Waals surface area contributed by atoms with Gasteiger partial charge in [-0.05, 0) is 18.2 Å². The molecule has 1 aromatic rings. The molecule has 1 heterocycles. The van der Waals surface area contributed by atoms with E-state index in [2.05, 4.69) is 21.7 Å². The Morgan fingerprint density at radius 1 is 1.30 bits per heavy atom. The molecule has 0 aromatic heterocycles. The van der Waals surface area contributed by atoms with Crippen LogP contribution in [0, 0.1) is 5.82 Å². The Morgan fingerprint density at radius 2 is 2.00 bits per heavy atom. The molecule has 1 aromatic carbocycles. The van der Waals surface area contributed by atoms with Gasteiger partial charge in [-0.25, -0.2) is 4.39 Å². The highest BCUT2D eigenvalue weighted by molar-refractivity contribution is 5.86. The maximum atomic E-state index is 13.7. The van der Waals surface area contributed by atoms with Crippen molar-refractivity contribution in [1.29, 1.82) is 0 Å². The summed E-state index contributed by atoms with van der Waals surface area (Å²) in [7, 11) is 0. The molecule has 0 radical (unpaired) electrons. The highest BCUT2D eigenvalue weighted by Crippen LogP contribution is 2.19. The molecule has 0 atom stereocenters. The van der Waals surface area contributed by atoms with Crippen LogP contribution in [0.25, 0.3) is 0 Å². The molecule has 1 N–H and O–H groups in total. The molecule has 4 nitrogen and oxygen atoms in total. The second kappa shape index (κ2) is 7.05. The van der Waals surface area contributed by atoms with Gasteiger partial charge in [-0.3, -0.25) is 9.69 Å². The second-order valence-electron chi connectivity index (χ2n) is 4.78. The molecule has 0 bridgehead atoms. The summed E-state index contributed by atoms with van der Waals surface area (Å²) in [5.74, 6) is -0.311. The molecular formula is C15H20FN3O. The van der Waals surface area contributed by atoms with E-state index >= 15 is 0 Å². The number of anilines is 1. The van der Waals surface area contributed by atoms with Crippen molar-refractivity contribution >= 4 is 11.6 Å². The fraction of sp³-hybridized carbons (Fsp3) is 0.400. The fourth-order valence-corrected chi connectivity index (χ4v) is 2.33. The van der Waals surface area contributed by atoms with Crippen molar-refractivity contribution in [2.75, 3.05) is 44.2 Å². The van der Waals surface area contributed by atoms with Crippen molar-refractivity contribution < 1.29 is 9.18 Å². The Balaban J connectivity index is 1.77. The van der Waals surface area contributed by atoms with E-state index in [1.807, 2.05) is 12.1 Å². The number of amides is 1. The van der Waals surface area contributed by atoms with Crippen LogP contribution < -0.4 is 10.2 Å². The van der Waals surface area contributed by atoms with Crippen LogP contribution in [0.1, 0.15) is 0 Å². The van der Waals surface area contributed by atoms with Crippen LogP contribution >= 0.6 is 0 Å². The SMILES string of the molecule is C=CC(=O)NCCN1CCN(c2ccccc2F)CC1. The van der Waals surface area contributed by atoms with Crippen molar-refractivity contribution in [1.82, 2.24) is 10.2 Å². The summed E-state index contributed by atoms with van der Waals surface area (Å²) in [5, 5.41) is 2.76. The van der Waals surface area contributed by atoms with Crippen LogP contribution in [0.5, 0.6) is 0 Å². The lowest BCUT2D eigenvalue weighted by Gasteiger charge is -2.36. The summed E-state index contributed by atoms with van der Waals surface area (Å²) in [6.07, 6.45) is 1.27. The molecule has 108 valence electrons. The van der Waals surface area contributed by atoms with Crippen LogP contribution in [0.15, 0.2) is 36.9 Å². The van der Waals surface area contributed by atoms with Crippen molar-refractivity contribution in [2.24, 2.45) is 0 Å². The Bertz CT molecular complexity index is 470. The van der Waals surface area contributed by atoms with E-state index in [1.165, 1.54) is 12.1 Å². The van der Waals surface area contributed by atoms with Crippen molar-refractivity contribution in [3.63, 3.8) is 0 Å². The lowest BCUT2D eigenvalue weighted by Crippen LogP contribution is -2.48. The van der Waals surface area contributed by atoms with Gasteiger partial charge in [0, 0.05) is 39.3 Å². The first-order valence-electron chi connectivity index (χ1n) is 6.83. The van der Waals surface area contributed by atoms with E-state index in [1.54, 1.807) is 6.07 Å². The van der Waals surface area contributed by atoms with Gasteiger partial charge in [-0.2, -0.15) is 0 Å². The molecule has 0 spiro atoms. The molecule has 0 saturated carbocycles. The van der Waals surface area contributed by atoms with Gasteiger partial charge in [0.15, 0.2) is 0 Å². The van der Waals surface area contributed by atoms with Gasteiger partial charge in [-0.15, -0.1) is 0 Å². The molecule has 1 aliphatic heterocycles. The molecule has 0 unspecified atom stereocenters. The minimum Gasteiger partial charge on any atom is -0.367 e. The van der Waals surface area contributed by atoms with Gasteiger partial charge in [-0.1, -0.05) is 18.7 Å². The second-order valence-corrected chi connectivity index (χ2v) is 4.78. The molecular weight excluding hydrogens is 257 g/mol. The van der Waals surface area contributed by atoms with E-state index in [0.29, 0.717) is 12.2 Å². The molecule has 1 aliphatic rings. The molecule has 0 aliphatic carbocycles. The summed E-state index contributed by atoms with van der Waals surface area (Å²) in [6, 6.07) is 6.87. The summed E-state index contributed by atoms with van der Waals surface area (Å²) >= 11 is 0. The maximum Gasteiger partial charge on any atom is 0.243 e. The average Bonchev–Trinajstić information content (AvgIpc) is 2.48. The zero-order valence-electron chi connectivity index (χ0n) is 11.5. The summed E-state index contributed by atoms with van der Waals surface area (Å²) in [4.78, 5) is 15.4. The van der Waals surface area contributed by atoms with Crippen molar-refractivity contribution in [3.05, 3.63) is 42.7 Å². The zero-order chi connectivity index (χ0) is 14.4. The summed E-state index contributed by atoms with van der Waals surface area (Å²) in [5.41, 5.74) is 0.673. The zero-order valence-corrected chi connectivity index (χ0v) is 11.5. The molecule has 1 fully saturated rings. The minimum atomic E-state index is -0.167. The number of halogens is 1. The van der Waals surface area contributed by atoms with Crippen LogP contribution in [-0.4, -0.2) is 50.1 Å². The first-order chi connectivity index (χ1) is 9.70. The number of carbonyl (C=O) groups is 1. The van der Waals surface area contributed by atoms with Gasteiger partial charge in [0.05, 0.1) is 5.69 Å². The quantitative estimate of drug-likeness (QED) is 0.823. The standard InChI is InChI=1S/C15H20FN3O/c1-2-15(20)17-7-8-18-9-11-19(12-10-18)14-6-4-3-5-13(14)16/h2-6H,1,7-12H2,(H,17,20). The third kappa shape index (κ3) is 3.81. The molecule has 2 rings (SSSR count). The third-order valence-electron chi connectivity index (χ3n) is 3.48. The Kier molecular flexibility index (Phi) is 5.12. The molecule has 5 heteroatoms. The van der Waals surface area contributed by atoms with E-state index < -0.39 is 0 Å². The average molecular weight is 277 g/mol. The molecule has 1 saturated heterocycles. The number of carbonyl (C=O) groups excluding carboxylic acids is 1. The monoisotopic (exact) mass is 277 g/mol. The highest BCUT2D eigenvalue weighted by atomic mass is 19.1. The first kappa shape index (κ1) is 14.5. The number of benzene rings is 1. The van der Waals surface area contributed by atoms with E-state index in [-0.39, 0.29) is 11.7 Å². The molecule has 20 heavy (non-hydrogen) atoms. The lowest BCUT2D eigenvalue weighted by molar-refractivity contribution is -0.116. The minimum absolute atomic E-state index is 0.144. The predicted molar refractivity (Wildman–Crippen MR) is 78.3 cm³/mol. The Labute approximate surface area is 118 Å². The van der Waals surface area contributed by atoms with Crippen LogP contribution in [-0.2, 0) is 4.79 Å². The lowest BCUT2D eigenvalue weighted by atomic mass is 10.2. The van der Waals surface area contributed by atoms with E-state index in [0.717, 1.165) is 32.7 Å². The number of nitrogens with one attached hydrogen (secondary N) is 1. The normalized spacial score (nSPS) is 15.9. The summed E-state index contributed by atoms with van der Waals surface area (Å²) in [6.45, 7) is 8.19. The fourth-order valence-electron chi connectivity index (χ4n) is 2.33. The van der Waals surface area contributed by atoms with Gasteiger partial charge in [0.2, 0.25) is 5.91 Å².